The van der Waals surface area contributed by atoms with Gasteiger partial charge >= 0.3 is 0 Å². The molecule has 1 aromatic rings. The molecular weight excluding hydrogens is 244 g/mol. The number of oxime groups is 1. The number of amidine groups is 1. The maximum Gasteiger partial charge on any atom is 0.156 e. The van der Waals surface area contributed by atoms with Gasteiger partial charge in [-0.2, -0.15) is 5.10 Å². The molecule has 1 atom stereocenters. The minimum absolute atomic E-state index is 0.00852. The van der Waals surface area contributed by atoms with E-state index in [1.807, 2.05) is 4.68 Å². The number of nitrogens with two attached hydrogens (primary N) is 1. The zero-order valence-electron chi connectivity index (χ0n) is 11.5. The van der Waals surface area contributed by atoms with Crippen LogP contribution in [0.15, 0.2) is 11.5 Å². The molecule has 0 radical (unpaired) electrons. The second-order valence-corrected chi connectivity index (χ2v) is 5.41. The van der Waals surface area contributed by atoms with E-state index in [0.717, 1.165) is 31.8 Å². The Hall–Kier alpha value is -1.63. The molecule has 0 aromatic carbocycles. The molecule has 2 heterocycles. The average molecular weight is 266 g/mol. The van der Waals surface area contributed by atoms with Gasteiger partial charge in [0.2, 0.25) is 0 Å². The molecule has 2 rings (SSSR count). The van der Waals surface area contributed by atoms with E-state index in [4.69, 9.17) is 10.9 Å². The Morgan fingerprint density at radius 2 is 2.42 bits per heavy atom. The number of nitrogens with zero attached hydrogens (tertiary/aromatic N) is 5. The first-order valence-electron chi connectivity index (χ1n) is 6.70. The monoisotopic (exact) mass is 266 g/mol. The Bertz CT molecular complexity index is 441. The topological polar surface area (TPSA) is 92.6 Å². The highest BCUT2D eigenvalue weighted by Gasteiger charge is 2.29. The van der Waals surface area contributed by atoms with Crippen molar-refractivity contribution in [1.82, 2.24) is 19.7 Å². The van der Waals surface area contributed by atoms with Gasteiger partial charge in [0.1, 0.15) is 12.2 Å². The van der Waals surface area contributed by atoms with Crippen LogP contribution < -0.4 is 5.73 Å². The zero-order valence-corrected chi connectivity index (χ0v) is 11.5. The molecule has 1 fully saturated rings. The van der Waals surface area contributed by atoms with Crippen LogP contribution in [-0.2, 0) is 13.1 Å². The Kier molecular flexibility index (Phi) is 4.36. The second-order valence-electron chi connectivity index (χ2n) is 5.41. The van der Waals surface area contributed by atoms with Crippen molar-refractivity contribution < 1.29 is 5.21 Å². The van der Waals surface area contributed by atoms with E-state index in [0.29, 0.717) is 12.5 Å². The van der Waals surface area contributed by atoms with Gasteiger partial charge in [-0.25, -0.2) is 9.67 Å². The largest absolute Gasteiger partial charge is 0.409 e. The van der Waals surface area contributed by atoms with Gasteiger partial charge in [-0.15, -0.1) is 0 Å². The van der Waals surface area contributed by atoms with Crippen LogP contribution in [0.2, 0.25) is 0 Å². The van der Waals surface area contributed by atoms with Crippen molar-refractivity contribution in [3.8, 4) is 0 Å². The Labute approximate surface area is 113 Å². The predicted molar refractivity (Wildman–Crippen MR) is 71.7 cm³/mol. The molecule has 0 bridgehead atoms. The molecule has 0 aliphatic carbocycles. The summed E-state index contributed by atoms with van der Waals surface area (Å²) in [5, 5.41) is 16.2. The van der Waals surface area contributed by atoms with Crippen LogP contribution in [0.5, 0.6) is 0 Å². The number of aromatic nitrogens is 3. The van der Waals surface area contributed by atoms with Crippen LogP contribution in [0.25, 0.3) is 0 Å². The van der Waals surface area contributed by atoms with E-state index in [1.54, 1.807) is 6.33 Å². The van der Waals surface area contributed by atoms with Crippen LogP contribution in [0, 0.1) is 5.92 Å². The zero-order chi connectivity index (χ0) is 13.8. The van der Waals surface area contributed by atoms with Gasteiger partial charge in [0.25, 0.3) is 0 Å². The van der Waals surface area contributed by atoms with E-state index < -0.39 is 0 Å². The van der Waals surface area contributed by atoms with Crippen molar-refractivity contribution in [2.45, 2.75) is 45.8 Å². The van der Waals surface area contributed by atoms with Crippen LogP contribution in [0.3, 0.4) is 0 Å². The molecule has 7 heteroatoms. The van der Waals surface area contributed by atoms with Crippen molar-refractivity contribution in [1.29, 1.82) is 0 Å². The first-order chi connectivity index (χ1) is 9.11. The first-order valence-corrected chi connectivity index (χ1v) is 6.70. The molecule has 1 aliphatic heterocycles. The minimum atomic E-state index is 0.00852. The highest BCUT2D eigenvalue weighted by Crippen LogP contribution is 2.19. The summed E-state index contributed by atoms with van der Waals surface area (Å²) >= 11 is 0. The molecule has 106 valence electrons. The van der Waals surface area contributed by atoms with Gasteiger partial charge < -0.3 is 10.9 Å². The lowest BCUT2D eigenvalue weighted by atomic mass is 10.2. The molecule has 1 unspecified atom stereocenters. The summed E-state index contributed by atoms with van der Waals surface area (Å²) in [6.07, 6.45) is 3.57. The summed E-state index contributed by atoms with van der Waals surface area (Å²) in [6, 6.07) is 0.00852. The lowest BCUT2D eigenvalue weighted by Gasteiger charge is -2.23. The summed E-state index contributed by atoms with van der Waals surface area (Å²) in [5.41, 5.74) is 5.73. The quantitative estimate of drug-likeness (QED) is 0.353. The fourth-order valence-corrected chi connectivity index (χ4v) is 2.51. The van der Waals surface area contributed by atoms with E-state index in [-0.39, 0.29) is 11.9 Å². The number of hydrogen-bond donors (Lipinski definition) is 2. The van der Waals surface area contributed by atoms with Gasteiger partial charge in [0.15, 0.2) is 5.84 Å². The van der Waals surface area contributed by atoms with Crippen molar-refractivity contribution in [3.63, 3.8) is 0 Å². The predicted octanol–water partition coefficient (Wildman–Crippen LogP) is 0.645. The van der Waals surface area contributed by atoms with Crippen LogP contribution in [0.4, 0.5) is 0 Å². The molecule has 19 heavy (non-hydrogen) atoms. The fraction of sp³-hybridized carbons (Fsp3) is 0.750. The third-order valence-corrected chi connectivity index (χ3v) is 3.40. The Morgan fingerprint density at radius 1 is 1.63 bits per heavy atom. The fourth-order valence-electron chi connectivity index (χ4n) is 2.51. The van der Waals surface area contributed by atoms with E-state index in [1.165, 1.54) is 0 Å². The van der Waals surface area contributed by atoms with Crippen LogP contribution in [-0.4, -0.2) is 43.3 Å². The molecule has 7 nitrogen and oxygen atoms in total. The lowest BCUT2D eigenvalue weighted by Crippen LogP contribution is -2.40. The first kappa shape index (κ1) is 13.8. The number of hydrogen-bond acceptors (Lipinski definition) is 5. The molecule has 0 saturated carbocycles. The molecule has 1 saturated heterocycles. The summed E-state index contributed by atoms with van der Waals surface area (Å²) in [4.78, 5) is 6.51. The Morgan fingerprint density at radius 3 is 3.11 bits per heavy atom. The summed E-state index contributed by atoms with van der Waals surface area (Å²) in [5.74, 6) is 1.75. The number of rotatable bonds is 5. The molecule has 3 N–H and O–H groups in total. The van der Waals surface area contributed by atoms with Crippen molar-refractivity contribution in [3.05, 3.63) is 12.2 Å². The lowest BCUT2D eigenvalue weighted by molar-refractivity contribution is 0.263. The Balaban J connectivity index is 2.06. The minimum Gasteiger partial charge on any atom is -0.409 e. The van der Waals surface area contributed by atoms with E-state index in [2.05, 4.69) is 34.0 Å². The van der Waals surface area contributed by atoms with Crippen molar-refractivity contribution in [2.24, 2.45) is 16.8 Å². The third-order valence-electron chi connectivity index (χ3n) is 3.40. The van der Waals surface area contributed by atoms with Crippen molar-refractivity contribution >= 4 is 5.84 Å². The normalized spacial score (nSPS) is 21.4. The average Bonchev–Trinajstić information content (AvgIpc) is 2.98. The molecule has 1 aliphatic rings. The summed E-state index contributed by atoms with van der Waals surface area (Å²) in [6.45, 7) is 6.79. The molecule has 0 amide bonds. The SMILES string of the molecule is CC(C)Cn1ncnc1CN1CCCC1C(N)=NO. The molecule has 1 aromatic heterocycles. The molecule has 0 spiro atoms. The van der Waals surface area contributed by atoms with Crippen molar-refractivity contribution in [2.75, 3.05) is 6.54 Å². The smallest absolute Gasteiger partial charge is 0.156 e. The van der Waals surface area contributed by atoms with Crippen LogP contribution >= 0.6 is 0 Å². The third kappa shape index (κ3) is 3.23. The van der Waals surface area contributed by atoms with Gasteiger partial charge in [0, 0.05) is 6.54 Å². The summed E-state index contributed by atoms with van der Waals surface area (Å²) in [7, 11) is 0. The second kappa shape index (κ2) is 6.01. The number of likely N-dealkylation sites (tertiary alicyclic amines) is 1. The van der Waals surface area contributed by atoms with Gasteiger partial charge in [-0.3, -0.25) is 4.90 Å². The van der Waals surface area contributed by atoms with Crippen LogP contribution in [0.1, 0.15) is 32.5 Å². The molecular formula is C12H22N6O. The van der Waals surface area contributed by atoms with Gasteiger partial charge in [-0.05, 0) is 25.3 Å². The highest BCUT2D eigenvalue weighted by molar-refractivity contribution is 5.85. The highest BCUT2D eigenvalue weighted by atomic mass is 16.4. The van der Waals surface area contributed by atoms with E-state index >= 15 is 0 Å². The van der Waals surface area contributed by atoms with E-state index in [9.17, 15) is 0 Å². The van der Waals surface area contributed by atoms with Gasteiger partial charge in [-0.1, -0.05) is 19.0 Å². The summed E-state index contributed by atoms with van der Waals surface area (Å²) < 4.78 is 1.94. The maximum atomic E-state index is 8.82. The van der Waals surface area contributed by atoms with Gasteiger partial charge in [0.05, 0.1) is 12.6 Å². The maximum absolute atomic E-state index is 8.82. The standard InChI is InChI=1S/C12H22N6O/c1-9(2)6-18-11(14-8-15-18)7-17-5-3-4-10(17)12(13)16-19/h8-10,19H,3-7H2,1-2H3,(H2,13,16).